The highest BCUT2D eigenvalue weighted by Crippen LogP contribution is 2.30. The van der Waals surface area contributed by atoms with Crippen molar-refractivity contribution in [1.82, 2.24) is 20.0 Å². The number of nitrogens with zero attached hydrogens (tertiary/aromatic N) is 3. The van der Waals surface area contributed by atoms with Crippen molar-refractivity contribution in [2.75, 3.05) is 32.6 Å². The van der Waals surface area contributed by atoms with Gasteiger partial charge in [0.15, 0.2) is 0 Å². The summed E-state index contributed by atoms with van der Waals surface area (Å²) in [5.74, 6) is 0.805. The summed E-state index contributed by atoms with van der Waals surface area (Å²) in [5.41, 5.74) is 2.72. The fourth-order valence-electron chi connectivity index (χ4n) is 3.66. The highest BCUT2D eigenvalue weighted by atomic mass is 16.5. The Labute approximate surface area is 160 Å². The molecule has 2 N–H and O–H groups in total. The van der Waals surface area contributed by atoms with Crippen LogP contribution in [0.25, 0.3) is 0 Å². The molecule has 0 saturated carbocycles. The van der Waals surface area contributed by atoms with Crippen LogP contribution < -0.4 is 15.4 Å². The number of methoxy groups -OCH3 is 1. The Morgan fingerprint density at radius 1 is 1.33 bits per heavy atom. The van der Waals surface area contributed by atoms with Crippen molar-refractivity contribution >= 4 is 11.6 Å². The number of hydrogen-bond donors (Lipinski definition) is 2. The zero-order valence-electron chi connectivity index (χ0n) is 16.6. The smallest absolute Gasteiger partial charge is 0.245 e. The number of piperidine rings is 1. The van der Waals surface area contributed by atoms with E-state index in [9.17, 15) is 4.79 Å². The topological polar surface area (TPSA) is 71.4 Å². The number of rotatable bonds is 6. The van der Waals surface area contributed by atoms with Gasteiger partial charge < -0.3 is 15.4 Å². The predicted molar refractivity (Wildman–Crippen MR) is 106 cm³/mol. The first-order valence-corrected chi connectivity index (χ1v) is 9.31. The number of ether oxygens (including phenoxy) is 1. The van der Waals surface area contributed by atoms with Crippen molar-refractivity contribution in [1.29, 1.82) is 0 Å². The molecule has 1 amide bonds. The second-order valence-corrected chi connectivity index (χ2v) is 7.17. The molecule has 146 valence electrons. The van der Waals surface area contributed by atoms with Crippen molar-refractivity contribution in [2.24, 2.45) is 7.05 Å². The van der Waals surface area contributed by atoms with E-state index in [-0.39, 0.29) is 5.91 Å². The SMILES string of the molecule is CNC(=O)C1(Nc2cccc(OC)c2)CCN(Cc2cnn(C)c2C)CC1. The molecule has 0 spiro atoms. The Bertz CT molecular complexity index is 793. The lowest BCUT2D eigenvalue weighted by atomic mass is 9.85. The van der Waals surface area contributed by atoms with Gasteiger partial charge in [-0.15, -0.1) is 0 Å². The molecule has 1 aliphatic rings. The van der Waals surface area contributed by atoms with Gasteiger partial charge >= 0.3 is 0 Å². The summed E-state index contributed by atoms with van der Waals surface area (Å²) in [4.78, 5) is 15.1. The lowest BCUT2D eigenvalue weighted by Crippen LogP contribution is -2.57. The number of nitrogens with one attached hydrogen (secondary N) is 2. The summed E-state index contributed by atoms with van der Waals surface area (Å²) in [7, 11) is 5.30. The van der Waals surface area contributed by atoms with Crippen LogP contribution in [0, 0.1) is 6.92 Å². The average Bonchev–Trinajstić information content (AvgIpc) is 3.01. The van der Waals surface area contributed by atoms with Crippen LogP contribution in [0.15, 0.2) is 30.5 Å². The quantitative estimate of drug-likeness (QED) is 0.812. The monoisotopic (exact) mass is 371 g/mol. The maximum atomic E-state index is 12.7. The maximum Gasteiger partial charge on any atom is 0.245 e. The molecule has 0 aliphatic carbocycles. The Hall–Kier alpha value is -2.54. The summed E-state index contributed by atoms with van der Waals surface area (Å²) in [6.45, 7) is 4.64. The van der Waals surface area contributed by atoms with E-state index < -0.39 is 5.54 Å². The fourth-order valence-corrected chi connectivity index (χ4v) is 3.66. The van der Waals surface area contributed by atoms with Crippen LogP contribution in [0.4, 0.5) is 5.69 Å². The number of carbonyl (C=O) groups is 1. The normalized spacial score (nSPS) is 16.7. The molecule has 1 aromatic heterocycles. The number of anilines is 1. The van der Waals surface area contributed by atoms with Gasteiger partial charge in [-0.3, -0.25) is 14.4 Å². The van der Waals surface area contributed by atoms with E-state index in [1.807, 2.05) is 42.2 Å². The van der Waals surface area contributed by atoms with Crippen LogP contribution in [0.5, 0.6) is 5.75 Å². The van der Waals surface area contributed by atoms with Crippen LogP contribution >= 0.6 is 0 Å². The number of likely N-dealkylation sites (tertiary alicyclic amines) is 1. The van der Waals surface area contributed by atoms with E-state index in [1.165, 1.54) is 11.3 Å². The molecule has 7 heteroatoms. The summed E-state index contributed by atoms with van der Waals surface area (Å²) in [6.07, 6.45) is 3.41. The van der Waals surface area contributed by atoms with Gasteiger partial charge in [-0.2, -0.15) is 5.10 Å². The largest absolute Gasteiger partial charge is 0.497 e. The molecule has 2 aromatic rings. The molecule has 3 rings (SSSR count). The first-order valence-electron chi connectivity index (χ1n) is 9.31. The molecule has 1 aromatic carbocycles. The van der Waals surface area contributed by atoms with E-state index in [0.29, 0.717) is 0 Å². The molecule has 1 fully saturated rings. The lowest BCUT2D eigenvalue weighted by Gasteiger charge is -2.41. The minimum Gasteiger partial charge on any atom is -0.497 e. The zero-order chi connectivity index (χ0) is 19.4. The molecule has 1 aliphatic heterocycles. The number of likely N-dealkylation sites (N-methyl/N-ethyl adjacent to an activating group) is 1. The van der Waals surface area contributed by atoms with Crippen LogP contribution in [0.1, 0.15) is 24.1 Å². The summed E-state index contributed by atoms with van der Waals surface area (Å²) >= 11 is 0. The molecule has 0 radical (unpaired) electrons. The number of aryl methyl sites for hydroxylation is 1. The second kappa shape index (κ2) is 8.00. The second-order valence-electron chi connectivity index (χ2n) is 7.17. The average molecular weight is 371 g/mol. The molecular weight excluding hydrogens is 342 g/mol. The van der Waals surface area contributed by atoms with E-state index in [4.69, 9.17) is 4.74 Å². The van der Waals surface area contributed by atoms with Crippen molar-refractivity contribution in [3.8, 4) is 5.75 Å². The number of aromatic nitrogens is 2. The van der Waals surface area contributed by atoms with Crippen LogP contribution in [0.2, 0.25) is 0 Å². The van der Waals surface area contributed by atoms with E-state index in [0.717, 1.165) is 43.9 Å². The maximum absolute atomic E-state index is 12.7. The van der Waals surface area contributed by atoms with Crippen molar-refractivity contribution in [2.45, 2.75) is 31.8 Å². The van der Waals surface area contributed by atoms with E-state index in [2.05, 4.69) is 27.6 Å². The first-order chi connectivity index (χ1) is 13.0. The molecule has 27 heavy (non-hydrogen) atoms. The van der Waals surface area contributed by atoms with Gasteiger partial charge in [-0.1, -0.05) is 6.07 Å². The Balaban J connectivity index is 1.71. The number of amides is 1. The number of benzene rings is 1. The van der Waals surface area contributed by atoms with Gasteiger partial charge in [0.05, 0.1) is 13.3 Å². The van der Waals surface area contributed by atoms with Gasteiger partial charge in [-0.25, -0.2) is 0 Å². The van der Waals surface area contributed by atoms with E-state index >= 15 is 0 Å². The van der Waals surface area contributed by atoms with Crippen LogP contribution in [-0.4, -0.2) is 53.4 Å². The van der Waals surface area contributed by atoms with Gasteiger partial charge in [-0.05, 0) is 31.9 Å². The highest BCUT2D eigenvalue weighted by Gasteiger charge is 2.41. The third-order valence-corrected chi connectivity index (χ3v) is 5.56. The van der Waals surface area contributed by atoms with Crippen molar-refractivity contribution < 1.29 is 9.53 Å². The number of hydrogen-bond acceptors (Lipinski definition) is 5. The third kappa shape index (κ3) is 4.08. The van der Waals surface area contributed by atoms with Crippen LogP contribution in [0.3, 0.4) is 0 Å². The highest BCUT2D eigenvalue weighted by molar-refractivity contribution is 5.89. The van der Waals surface area contributed by atoms with Gasteiger partial charge in [0.2, 0.25) is 5.91 Å². The standard InChI is InChI=1S/C20H29N5O2/c1-15-16(13-22-24(15)3)14-25-10-8-20(9-11-25,19(26)21-2)23-17-6-5-7-18(12-17)27-4/h5-7,12-13,23H,8-11,14H2,1-4H3,(H,21,26). The Morgan fingerprint density at radius 3 is 2.67 bits per heavy atom. The summed E-state index contributed by atoms with van der Waals surface area (Å²) < 4.78 is 7.20. The molecule has 0 atom stereocenters. The van der Waals surface area contributed by atoms with Crippen molar-refractivity contribution in [3.05, 3.63) is 41.7 Å². The fraction of sp³-hybridized carbons (Fsp3) is 0.500. The number of carbonyl (C=O) groups excluding carboxylic acids is 1. The lowest BCUT2D eigenvalue weighted by molar-refractivity contribution is -0.126. The molecular formula is C20H29N5O2. The minimum atomic E-state index is -0.610. The predicted octanol–water partition coefficient (Wildman–Crippen LogP) is 1.93. The minimum absolute atomic E-state index is 0.0301. The van der Waals surface area contributed by atoms with E-state index in [1.54, 1.807) is 14.2 Å². The van der Waals surface area contributed by atoms with Gasteiger partial charge in [0.25, 0.3) is 0 Å². The molecule has 2 heterocycles. The first kappa shape index (κ1) is 19.2. The summed E-state index contributed by atoms with van der Waals surface area (Å²) in [5, 5.41) is 10.6. The Morgan fingerprint density at radius 2 is 2.07 bits per heavy atom. The molecule has 1 saturated heterocycles. The molecule has 0 unspecified atom stereocenters. The molecule has 0 bridgehead atoms. The zero-order valence-corrected chi connectivity index (χ0v) is 16.6. The summed E-state index contributed by atoms with van der Waals surface area (Å²) in [6, 6.07) is 7.73. The van der Waals surface area contributed by atoms with Gasteiger partial charge in [0, 0.05) is 56.7 Å². The van der Waals surface area contributed by atoms with Crippen LogP contribution in [-0.2, 0) is 18.4 Å². The Kier molecular flexibility index (Phi) is 5.70. The van der Waals surface area contributed by atoms with Gasteiger partial charge in [0.1, 0.15) is 11.3 Å². The van der Waals surface area contributed by atoms with Crippen molar-refractivity contribution in [3.63, 3.8) is 0 Å². The molecule has 7 nitrogen and oxygen atoms in total. The third-order valence-electron chi connectivity index (χ3n) is 5.56.